The number of pyridine rings is 1. The summed E-state index contributed by atoms with van der Waals surface area (Å²) in [4.78, 5) is 4.43. The second-order valence-electron chi connectivity index (χ2n) is 5.34. The molecular weight excluding hydrogens is 252 g/mol. The Balaban J connectivity index is 1.65. The lowest BCUT2D eigenvalue weighted by Crippen LogP contribution is -2.24. The Morgan fingerprint density at radius 2 is 2.35 bits per heavy atom. The summed E-state index contributed by atoms with van der Waals surface area (Å²) in [5, 5.41) is 3.37. The van der Waals surface area contributed by atoms with Crippen molar-refractivity contribution in [3.8, 4) is 0 Å². The van der Waals surface area contributed by atoms with E-state index in [0.29, 0.717) is 13.2 Å². The molecule has 1 unspecified atom stereocenters. The minimum absolute atomic E-state index is 0.279. The van der Waals surface area contributed by atoms with E-state index >= 15 is 0 Å². The maximum Gasteiger partial charge on any atom is 0.0889 e. The van der Waals surface area contributed by atoms with Gasteiger partial charge in [0.2, 0.25) is 0 Å². The maximum atomic E-state index is 5.69. The van der Waals surface area contributed by atoms with Gasteiger partial charge in [-0.25, -0.2) is 0 Å². The summed E-state index contributed by atoms with van der Waals surface area (Å²) in [6.45, 7) is 6.24. The number of hydrogen-bond donors (Lipinski definition) is 1. The third kappa shape index (κ3) is 5.57. The van der Waals surface area contributed by atoms with Crippen molar-refractivity contribution in [1.82, 2.24) is 10.3 Å². The summed E-state index contributed by atoms with van der Waals surface area (Å²) < 4.78 is 11.3. The fourth-order valence-electron chi connectivity index (χ4n) is 2.29. The highest BCUT2D eigenvalue weighted by Crippen LogP contribution is 2.13. The van der Waals surface area contributed by atoms with Gasteiger partial charge in [0.1, 0.15) is 0 Å². The van der Waals surface area contributed by atoms with E-state index in [9.17, 15) is 0 Å². The molecule has 0 bridgehead atoms. The minimum atomic E-state index is 0.279. The molecule has 0 saturated carbocycles. The number of nitrogens with one attached hydrogen (secondary N) is 1. The van der Waals surface area contributed by atoms with E-state index in [0.717, 1.165) is 38.2 Å². The summed E-state index contributed by atoms with van der Waals surface area (Å²) in [5.74, 6) is 0. The Hall–Kier alpha value is -0.970. The first-order valence-electron chi connectivity index (χ1n) is 7.72. The molecular formula is C16H26N2O2. The predicted octanol–water partition coefficient (Wildman–Crippen LogP) is 2.67. The minimum Gasteiger partial charge on any atom is -0.376 e. The van der Waals surface area contributed by atoms with Crippen molar-refractivity contribution >= 4 is 0 Å². The first kappa shape index (κ1) is 15.4. The van der Waals surface area contributed by atoms with Crippen molar-refractivity contribution < 1.29 is 9.47 Å². The Labute approximate surface area is 121 Å². The van der Waals surface area contributed by atoms with Gasteiger partial charge in [-0.05, 0) is 43.9 Å². The zero-order chi connectivity index (χ0) is 14.0. The quantitative estimate of drug-likeness (QED) is 0.742. The lowest BCUT2D eigenvalue weighted by Gasteiger charge is -2.22. The maximum absolute atomic E-state index is 5.69. The molecule has 1 aromatic heterocycles. The zero-order valence-electron chi connectivity index (χ0n) is 12.4. The number of rotatable bonds is 8. The molecule has 0 amide bonds. The Morgan fingerprint density at radius 3 is 3.05 bits per heavy atom. The molecule has 4 heteroatoms. The van der Waals surface area contributed by atoms with Crippen LogP contribution in [0.5, 0.6) is 0 Å². The summed E-state index contributed by atoms with van der Waals surface area (Å²) in [5.41, 5.74) is 2.21. The van der Waals surface area contributed by atoms with Crippen LogP contribution >= 0.6 is 0 Å². The Bertz CT molecular complexity index is 361. The molecule has 1 aromatic rings. The van der Waals surface area contributed by atoms with Crippen molar-refractivity contribution in [3.05, 3.63) is 29.6 Å². The summed E-state index contributed by atoms with van der Waals surface area (Å²) in [6, 6.07) is 4.16. The molecule has 1 saturated heterocycles. The average Bonchev–Trinajstić information content (AvgIpc) is 2.50. The summed E-state index contributed by atoms with van der Waals surface area (Å²) in [7, 11) is 0. The fourth-order valence-corrected chi connectivity index (χ4v) is 2.29. The average molecular weight is 278 g/mol. The molecule has 2 heterocycles. The second kappa shape index (κ2) is 9.06. The van der Waals surface area contributed by atoms with Gasteiger partial charge >= 0.3 is 0 Å². The van der Waals surface area contributed by atoms with Gasteiger partial charge in [-0.3, -0.25) is 4.98 Å². The molecule has 1 fully saturated rings. The van der Waals surface area contributed by atoms with E-state index in [1.807, 2.05) is 12.3 Å². The van der Waals surface area contributed by atoms with Crippen LogP contribution in [0.15, 0.2) is 18.3 Å². The standard InChI is InChI=1S/C16H26N2O2/c1-2-8-17-10-14-6-7-15(18-11-14)12-19-13-16-5-3-4-9-20-16/h6-7,11,16-17H,2-5,8-10,12-13H2,1H3. The molecule has 1 N–H and O–H groups in total. The van der Waals surface area contributed by atoms with Gasteiger partial charge in [0.25, 0.3) is 0 Å². The van der Waals surface area contributed by atoms with Crippen LogP contribution in [0.25, 0.3) is 0 Å². The normalized spacial score (nSPS) is 19.1. The van der Waals surface area contributed by atoms with Crippen molar-refractivity contribution in [2.75, 3.05) is 19.8 Å². The van der Waals surface area contributed by atoms with Gasteiger partial charge in [-0.2, -0.15) is 0 Å². The predicted molar refractivity (Wildman–Crippen MR) is 79.5 cm³/mol. The third-order valence-corrected chi connectivity index (χ3v) is 3.47. The molecule has 0 spiro atoms. The van der Waals surface area contributed by atoms with Crippen LogP contribution in [0.1, 0.15) is 43.9 Å². The van der Waals surface area contributed by atoms with Crippen molar-refractivity contribution in [2.45, 2.75) is 51.9 Å². The lowest BCUT2D eigenvalue weighted by atomic mass is 10.1. The van der Waals surface area contributed by atoms with Crippen molar-refractivity contribution in [1.29, 1.82) is 0 Å². The van der Waals surface area contributed by atoms with Crippen LogP contribution in [-0.2, 0) is 22.6 Å². The van der Waals surface area contributed by atoms with Crippen LogP contribution < -0.4 is 5.32 Å². The van der Waals surface area contributed by atoms with Gasteiger partial charge < -0.3 is 14.8 Å². The molecule has 0 radical (unpaired) electrons. The van der Waals surface area contributed by atoms with Gasteiger partial charge in [0.15, 0.2) is 0 Å². The second-order valence-corrected chi connectivity index (χ2v) is 5.34. The highest BCUT2D eigenvalue weighted by Gasteiger charge is 2.13. The molecule has 112 valence electrons. The molecule has 0 aliphatic carbocycles. The van der Waals surface area contributed by atoms with E-state index in [-0.39, 0.29) is 6.10 Å². The molecule has 0 aromatic carbocycles. The molecule has 20 heavy (non-hydrogen) atoms. The molecule has 4 nitrogen and oxygen atoms in total. The summed E-state index contributed by atoms with van der Waals surface area (Å²) in [6.07, 6.45) is 6.93. The number of nitrogens with zero attached hydrogens (tertiary/aromatic N) is 1. The SMILES string of the molecule is CCCNCc1ccc(COCC2CCCCO2)nc1. The summed E-state index contributed by atoms with van der Waals surface area (Å²) >= 11 is 0. The molecule has 1 atom stereocenters. The van der Waals surface area contributed by atoms with Gasteiger partial charge in [-0.1, -0.05) is 13.0 Å². The van der Waals surface area contributed by atoms with Gasteiger partial charge in [0.05, 0.1) is 25.0 Å². The molecule has 1 aliphatic rings. The van der Waals surface area contributed by atoms with Crippen LogP contribution in [0.2, 0.25) is 0 Å². The van der Waals surface area contributed by atoms with E-state index in [1.54, 1.807) is 0 Å². The first-order chi connectivity index (χ1) is 9.88. The zero-order valence-corrected chi connectivity index (χ0v) is 12.4. The first-order valence-corrected chi connectivity index (χ1v) is 7.72. The lowest BCUT2D eigenvalue weighted by molar-refractivity contribution is -0.0452. The highest BCUT2D eigenvalue weighted by molar-refractivity contribution is 5.13. The fraction of sp³-hybridized carbons (Fsp3) is 0.688. The largest absolute Gasteiger partial charge is 0.376 e. The van der Waals surface area contributed by atoms with Crippen LogP contribution in [-0.4, -0.2) is 30.8 Å². The van der Waals surface area contributed by atoms with Crippen molar-refractivity contribution in [2.24, 2.45) is 0 Å². The number of ether oxygens (including phenoxy) is 2. The number of aromatic nitrogens is 1. The van der Waals surface area contributed by atoms with Gasteiger partial charge in [-0.15, -0.1) is 0 Å². The molecule has 2 rings (SSSR count). The monoisotopic (exact) mass is 278 g/mol. The topological polar surface area (TPSA) is 43.4 Å². The Kier molecular flexibility index (Phi) is 6.98. The third-order valence-electron chi connectivity index (χ3n) is 3.47. The Morgan fingerprint density at radius 1 is 1.40 bits per heavy atom. The van der Waals surface area contributed by atoms with E-state index in [4.69, 9.17) is 9.47 Å². The van der Waals surface area contributed by atoms with E-state index in [2.05, 4.69) is 23.3 Å². The van der Waals surface area contributed by atoms with Crippen LogP contribution in [0.4, 0.5) is 0 Å². The highest BCUT2D eigenvalue weighted by atomic mass is 16.5. The van der Waals surface area contributed by atoms with Crippen LogP contribution in [0, 0.1) is 0 Å². The van der Waals surface area contributed by atoms with Crippen LogP contribution in [0.3, 0.4) is 0 Å². The van der Waals surface area contributed by atoms with E-state index < -0.39 is 0 Å². The smallest absolute Gasteiger partial charge is 0.0889 e. The van der Waals surface area contributed by atoms with Crippen molar-refractivity contribution in [3.63, 3.8) is 0 Å². The van der Waals surface area contributed by atoms with Gasteiger partial charge in [0, 0.05) is 19.3 Å². The van der Waals surface area contributed by atoms with E-state index in [1.165, 1.54) is 18.4 Å². The molecule has 1 aliphatic heterocycles. The number of hydrogen-bond acceptors (Lipinski definition) is 4.